The summed E-state index contributed by atoms with van der Waals surface area (Å²) < 4.78 is 0. The lowest BCUT2D eigenvalue weighted by Crippen LogP contribution is -2.41. The Bertz CT molecular complexity index is 552. The quantitative estimate of drug-likeness (QED) is 0.794. The van der Waals surface area contributed by atoms with Crippen LogP contribution in [0.3, 0.4) is 0 Å². The van der Waals surface area contributed by atoms with E-state index in [0.29, 0.717) is 11.1 Å². The first-order valence-electron chi connectivity index (χ1n) is 8.19. The molecular formula is C18H23ClN2O. The molecule has 3 nitrogen and oxygen atoms in total. The van der Waals surface area contributed by atoms with Gasteiger partial charge in [0.1, 0.15) is 0 Å². The zero-order valence-corrected chi connectivity index (χ0v) is 13.6. The first kappa shape index (κ1) is 15.6. The molecule has 1 aromatic carbocycles. The number of rotatable bonds is 4. The average Bonchev–Trinajstić information content (AvgIpc) is 3.17. The van der Waals surface area contributed by atoms with Crippen molar-refractivity contribution in [2.45, 2.75) is 31.7 Å². The molecule has 3 rings (SSSR count). The smallest absolute Gasteiger partial charge is 0.246 e. The van der Waals surface area contributed by atoms with Gasteiger partial charge in [-0.1, -0.05) is 23.7 Å². The van der Waals surface area contributed by atoms with Crippen LogP contribution in [0.1, 0.15) is 31.2 Å². The molecule has 0 radical (unpaired) electrons. The van der Waals surface area contributed by atoms with Crippen molar-refractivity contribution in [3.63, 3.8) is 0 Å². The summed E-state index contributed by atoms with van der Waals surface area (Å²) >= 11 is 5.97. The fourth-order valence-electron chi connectivity index (χ4n) is 3.45. The van der Waals surface area contributed by atoms with E-state index in [1.54, 1.807) is 6.08 Å². The SMILES string of the molecule is O=C(C=Cc1cccc(Cl)c1)N1CCC[C@H]1CN1CCCC1. The lowest BCUT2D eigenvalue weighted by atomic mass is 10.2. The van der Waals surface area contributed by atoms with Crippen molar-refractivity contribution in [2.24, 2.45) is 0 Å². The lowest BCUT2D eigenvalue weighted by Gasteiger charge is -2.27. The maximum absolute atomic E-state index is 12.5. The van der Waals surface area contributed by atoms with Crippen molar-refractivity contribution in [1.29, 1.82) is 0 Å². The number of hydrogen-bond donors (Lipinski definition) is 0. The Morgan fingerprint density at radius 2 is 2.05 bits per heavy atom. The zero-order chi connectivity index (χ0) is 15.4. The number of likely N-dealkylation sites (tertiary alicyclic amines) is 2. The monoisotopic (exact) mass is 318 g/mol. The van der Waals surface area contributed by atoms with Crippen LogP contribution in [0.2, 0.25) is 5.02 Å². The van der Waals surface area contributed by atoms with Crippen LogP contribution in [0.5, 0.6) is 0 Å². The number of carbonyl (C=O) groups excluding carboxylic acids is 1. The summed E-state index contributed by atoms with van der Waals surface area (Å²) in [6, 6.07) is 7.96. The summed E-state index contributed by atoms with van der Waals surface area (Å²) in [5, 5.41) is 0.697. The molecule has 118 valence electrons. The van der Waals surface area contributed by atoms with E-state index < -0.39 is 0 Å². The van der Waals surface area contributed by atoms with Gasteiger partial charge in [-0.25, -0.2) is 0 Å². The van der Waals surface area contributed by atoms with Gasteiger partial charge in [-0.2, -0.15) is 0 Å². The molecule has 0 aliphatic carbocycles. The summed E-state index contributed by atoms with van der Waals surface area (Å²) in [4.78, 5) is 17.0. The molecule has 2 saturated heterocycles. The summed E-state index contributed by atoms with van der Waals surface area (Å²) in [6.07, 6.45) is 8.40. The first-order chi connectivity index (χ1) is 10.7. The van der Waals surface area contributed by atoms with Gasteiger partial charge in [0.25, 0.3) is 0 Å². The molecule has 0 spiro atoms. The Balaban J connectivity index is 1.60. The lowest BCUT2D eigenvalue weighted by molar-refractivity contribution is -0.127. The van der Waals surface area contributed by atoms with Gasteiger partial charge >= 0.3 is 0 Å². The van der Waals surface area contributed by atoms with E-state index in [0.717, 1.165) is 31.5 Å². The number of benzene rings is 1. The van der Waals surface area contributed by atoms with Gasteiger partial charge in [0.2, 0.25) is 5.91 Å². The van der Waals surface area contributed by atoms with Crippen LogP contribution < -0.4 is 0 Å². The maximum atomic E-state index is 12.5. The van der Waals surface area contributed by atoms with Crippen LogP contribution in [0.15, 0.2) is 30.3 Å². The fraction of sp³-hybridized carbons (Fsp3) is 0.500. The van der Waals surface area contributed by atoms with Crippen LogP contribution in [-0.2, 0) is 4.79 Å². The third-order valence-corrected chi connectivity index (χ3v) is 4.83. The molecule has 1 atom stereocenters. The first-order valence-corrected chi connectivity index (χ1v) is 8.57. The van der Waals surface area contributed by atoms with Crippen LogP contribution >= 0.6 is 11.6 Å². The molecule has 0 unspecified atom stereocenters. The summed E-state index contributed by atoms with van der Waals surface area (Å²) in [7, 11) is 0. The van der Waals surface area contributed by atoms with E-state index in [9.17, 15) is 4.79 Å². The van der Waals surface area contributed by atoms with Gasteiger partial charge < -0.3 is 9.80 Å². The third kappa shape index (κ3) is 3.90. The van der Waals surface area contributed by atoms with Crippen molar-refractivity contribution in [2.75, 3.05) is 26.2 Å². The standard InChI is InChI=1S/C18H23ClN2O/c19-16-6-3-5-15(13-16)8-9-18(22)21-12-4-7-17(21)14-20-10-1-2-11-20/h3,5-6,8-9,13,17H,1-2,4,7,10-12,14H2/t17-/m0/s1. The Kier molecular flexibility index (Phi) is 5.16. The van der Waals surface area contributed by atoms with E-state index in [1.807, 2.05) is 35.2 Å². The van der Waals surface area contributed by atoms with Crippen LogP contribution in [0.25, 0.3) is 6.08 Å². The van der Waals surface area contributed by atoms with Crippen molar-refractivity contribution in [1.82, 2.24) is 9.80 Å². The summed E-state index contributed by atoms with van der Waals surface area (Å²) in [5.74, 6) is 0.127. The highest BCUT2D eigenvalue weighted by Crippen LogP contribution is 2.21. The predicted molar refractivity (Wildman–Crippen MR) is 90.9 cm³/mol. The number of amides is 1. The summed E-state index contributed by atoms with van der Waals surface area (Å²) in [6.45, 7) is 4.31. The van der Waals surface area contributed by atoms with E-state index in [4.69, 9.17) is 11.6 Å². The fourth-order valence-corrected chi connectivity index (χ4v) is 3.65. The molecule has 4 heteroatoms. The number of halogens is 1. The predicted octanol–water partition coefficient (Wildman–Crippen LogP) is 3.44. The second-order valence-corrected chi connectivity index (χ2v) is 6.66. The molecule has 2 fully saturated rings. The molecule has 0 bridgehead atoms. The van der Waals surface area contributed by atoms with Gasteiger partial charge in [0.15, 0.2) is 0 Å². The Morgan fingerprint density at radius 1 is 1.23 bits per heavy atom. The van der Waals surface area contributed by atoms with E-state index in [1.165, 1.54) is 25.9 Å². The van der Waals surface area contributed by atoms with Gasteiger partial charge in [0, 0.05) is 30.2 Å². The molecule has 0 saturated carbocycles. The number of hydrogen-bond acceptors (Lipinski definition) is 2. The minimum absolute atomic E-state index is 0.127. The second-order valence-electron chi connectivity index (χ2n) is 6.22. The molecule has 0 aromatic heterocycles. The Morgan fingerprint density at radius 3 is 2.82 bits per heavy atom. The zero-order valence-electron chi connectivity index (χ0n) is 12.9. The molecule has 2 aliphatic rings. The number of nitrogens with zero attached hydrogens (tertiary/aromatic N) is 2. The molecule has 2 aliphatic heterocycles. The van der Waals surface area contributed by atoms with Crippen molar-refractivity contribution in [3.8, 4) is 0 Å². The largest absolute Gasteiger partial charge is 0.335 e. The molecular weight excluding hydrogens is 296 g/mol. The molecule has 2 heterocycles. The maximum Gasteiger partial charge on any atom is 0.246 e. The van der Waals surface area contributed by atoms with Gasteiger partial charge in [-0.15, -0.1) is 0 Å². The minimum atomic E-state index is 0.127. The van der Waals surface area contributed by atoms with Crippen molar-refractivity contribution < 1.29 is 4.79 Å². The highest BCUT2D eigenvalue weighted by molar-refractivity contribution is 6.30. The molecule has 1 aromatic rings. The average molecular weight is 319 g/mol. The van der Waals surface area contributed by atoms with Gasteiger partial charge in [-0.3, -0.25) is 4.79 Å². The van der Waals surface area contributed by atoms with Gasteiger partial charge in [0.05, 0.1) is 0 Å². The van der Waals surface area contributed by atoms with Crippen LogP contribution in [-0.4, -0.2) is 47.9 Å². The highest BCUT2D eigenvalue weighted by Gasteiger charge is 2.29. The molecule has 22 heavy (non-hydrogen) atoms. The summed E-state index contributed by atoms with van der Waals surface area (Å²) in [5.41, 5.74) is 0.969. The minimum Gasteiger partial charge on any atom is -0.335 e. The van der Waals surface area contributed by atoms with Crippen LogP contribution in [0.4, 0.5) is 0 Å². The van der Waals surface area contributed by atoms with E-state index in [-0.39, 0.29) is 5.91 Å². The second kappa shape index (κ2) is 7.30. The Labute approximate surface area is 137 Å². The highest BCUT2D eigenvalue weighted by atomic mass is 35.5. The van der Waals surface area contributed by atoms with Crippen molar-refractivity contribution in [3.05, 3.63) is 40.9 Å². The van der Waals surface area contributed by atoms with E-state index >= 15 is 0 Å². The van der Waals surface area contributed by atoms with Gasteiger partial charge in [-0.05, 0) is 62.5 Å². The Hall–Kier alpha value is -1.32. The molecule has 0 N–H and O–H groups in total. The van der Waals surface area contributed by atoms with Crippen molar-refractivity contribution >= 4 is 23.6 Å². The van der Waals surface area contributed by atoms with E-state index in [2.05, 4.69) is 4.90 Å². The molecule has 1 amide bonds. The van der Waals surface area contributed by atoms with Crippen LogP contribution in [0, 0.1) is 0 Å². The third-order valence-electron chi connectivity index (χ3n) is 4.59. The number of carbonyl (C=O) groups is 1. The topological polar surface area (TPSA) is 23.6 Å². The normalized spacial score (nSPS) is 22.8.